The molecule has 0 aliphatic carbocycles. The van der Waals surface area contributed by atoms with E-state index in [1.165, 1.54) is 8.86 Å². The van der Waals surface area contributed by atoms with Crippen molar-refractivity contribution in [3.63, 3.8) is 0 Å². The monoisotopic (exact) mass is 275 g/mol. The van der Waals surface area contributed by atoms with Crippen LogP contribution in [-0.2, 0) is 0 Å². The molecule has 0 radical (unpaired) electrons. The van der Waals surface area contributed by atoms with Gasteiger partial charge in [-0.15, -0.1) is 0 Å². The van der Waals surface area contributed by atoms with Gasteiger partial charge in [0.2, 0.25) is 0 Å². The molecule has 4 heavy (non-hydrogen) atoms. The van der Waals surface area contributed by atoms with Gasteiger partial charge in [-0.1, -0.05) is 0 Å². The van der Waals surface area contributed by atoms with E-state index in [2.05, 4.69) is 22.6 Å². The molecular formula is C2H4ISn+3. The molecule has 0 rings (SSSR count). The first-order chi connectivity index (χ1) is 1.91. The van der Waals surface area contributed by atoms with Gasteiger partial charge >= 0.3 is 54.0 Å². The van der Waals surface area contributed by atoms with Gasteiger partial charge in [0, 0.05) is 0 Å². The molecule has 0 aromatic heterocycles. The Bertz CT molecular complexity index is 8.00. The summed E-state index contributed by atoms with van der Waals surface area (Å²) in [5, 5.41) is 0. The molecule has 0 N–H and O–H groups in total. The van der Waals surface area contributed by atoms with Crippen LogP contribution in [0.4, 0.5) is 0 Å². The van der Waals surface area contributed by atoms with E-state index in [1.807, 2.05) is 0 Å². The normalized spacial score (nSPS) is 7.75. The Hall–Kier alpha value is 1.53. The van der Waals surface area contributed by atoms with Crippen LogP contribution in [0.25, 0.3) is 0 Å². The summed E-state index contributed by atoms with van der Waals surface area (Å²) in [6.07, 6.45) is 0. The zero-order valence-electron chi connectivity index (χ0n) is 2.29. The summed E-state index contributed by atoms with van der Waals surface area (Å²) in [6, 6.07) is 0. The summed E-state index contributed by atoms with van der Waals surface area (Å²) in [4.78, 5) is 0. The molecule has 20 valence electrons. The molecule has 0 aliphatic heterocycles. The maximum absolute atomic E-state index is 2.37. The molecule has 0 aliphatic rings. The topological polar surface area (TPSA) is 0 Å². The summed E-state index contributed by atoms with van der Waals surface area (Å²) in [7, 11) is 0. The predicted molar refractivity (Wildman–Crippen MR) is 29.4 cm³/mol. The number of halogens is 1. The van der Waals surface area contributed by atoms with Gasteiger partial charge in [-0.05, 0) is 0 Å². The van der Waals surface area contributed by atoms with Crippen LogP contribution in [0.1, 0.15) is 0 Å². The summed E-state index contributed by atoms with van der Waals surface area (Å²) in [5.41, 5.74) is 0. The van der Waals surface area contributed by atoms with Gasteiger partial charge in [0.25, 0.3) is 0 Å². The van der Waals surface area contributed by atoms with Crippen LogP contribution in [0.15, 0.2) is 0 Å². The van der Waals surface area contributed by atoms with Crippen LogP contribution in [-0.4, -0.2) is 27.0 Å². The van der Waals surface area contributed by atoms with Crippen LogP contribution >= 0.6 is 22.6 Å². The van der Waals surface area contributed by atoms with E-state index in [0.29, 0.717) is 0 Å². The molecule has 0 unspecified atom stereocenters. The predicted octanol–water partition coefficient (Wildman–Crippen LogP) is 1.01. The van der Waals surface area contributed by atoms with Gasteiger partial charge in [0.1, 0.15) is 0 Å². The Morgan fingerprint density at radius 2 is 2.00 bits per heavy atom. The molecule has 0 amide bonds. The summed E-state index contributed by atoms with van der Waals surface area (Å²) in [6.45, 7) is 0. The Morgan fingerprint density at radius 3 is 2.00 bits per heavy atom. The average molecular weight is 274 g/mol. The van der Waals surface area contributed by atoms with Crippen molar-refractivity contribution in [1.29, 1.82) is 0 Å². The zero-order chi connectivity index (χ0) is 3.41. The molecule has 0 aromatic carbocycles. The van der Waals surface area contributed by atoms with E-state index < -0.39 is 0 Å². The van der Waals surface area contributed by atoms with Crippen molar-refractivity contribution >= 4 is 45.1 Å². The van der Waals surface area contributed by atoms with Crippen molar-refractivity contribution in [1.82, 2.24) is 0 Å². The molecule has 0 nitrogen and oxygen atoms in total. The fourth-order valence-corrected chi connectivity index (χ4v) is 0. The SMILES string of the molecule is [Sn+3][CH2]CI. The molecule has 2 heteroatoms. The first kappa shape index (κ1) is 5.53. The van der Waals surface area contributed by atoms with Gasteiger partial charge in [-0.2, -0.15) is 0 Å². The first-order valence-corrected chi connectivity index (χ1v) is 4.66. The quantitative estimate of drug-likeness (QED) is 0.380. The van der Waals surface area contributed by atoms with Crippen molar-refractivity contribution in [2.24, 2.45) is 0 Å². The Kier molecular flexibility index (Phi) is 6.26. The van der Waals surface area contributed by atoms with Gasteiger partial charge in [-0.25, -0.2) is 0 Å². The second-order valence-electron chi connectivity index (χ2n) is 0.439. The Balaban J connectivity index is 1.97. The van der Waals surface area contributed by atoms with Crippen LogP contribution < -0.4 is 0 Å². The third kappa shape index (κ3) is 3.53. The summed E-state index contributed by atoms with van der Waals surface area (Å²) < 4.78 is 2.73. The van der Waals surface area contributed by atoms with Crippen molar-refractivity contribution in [3.05, 3.63) is 0 Å². The second-order valence-corrected chi connectivity index (χ2v) is 2.94. The van der Waals surface area contributed by atoms with Gasteiger partial charge < -0.3 is 0 Å². The van der Waals surface area contributed by atoms with Gasteiger partial charge in [-0.3, -0.25) is 0 Å². The maximum atomic E-state index is 2.37. The molecule has 0 saturated carbocycles. The van der Waals surface area contributed by atoms with Crippen molar-refractivity contribution in [3.8, 4) is 0 Å². The third-order valence-corrected chi connectivity index (χ3v) is 4.25. The minimum absolute atomic E-state index is 1.33. The number of alkyl halides is 1. The Morgan fingerprint density at radius 1 is 1.75 bits per heavy atom. The minimum atomic E-state index is 1.33. The molecular weight excluding hydrogens is 270 g/mol. The van der Waals surface area contributed by atoms with Crippen LogP contribution in [0.5, 0.6) is 0 Å². The number of hydrogen-bond acceptors (Lipinski definition) is 0. The van der Waals surface area contributed by atoms with E-state index in [-0.39, 0.29) is 0 Å². The number of hydrogen-bond donors (Lipinski definition) is 0. The fraction of sp³-hybridized carbons (Fsp3) is 1.00. The van der Waals surface area contributed by atoms with E-state index in [0.717, 1.165) is 0 Å². The standard InChI is InChI=1S/C2H4I.Sn/c1-2-3;/h1-2H2;/q;+3. The molecule has 0 aromatic rings. The van der Waals surface area contributed by atoms with Crippen LogP contribution in [0.2, 0.25) is 4.44 Å². The molecule has 0 atom stereocenters. The third-order valence-electron chi connectivity index (χ3n) is 0.0945. The summed E-state index contributed by atoms with van der Waals surface area (Å²) in [5.74, 6) is 0. The molecule has 0 spiro atoms. The number of rotatable bonds is 1. The molecule has 0 bridgehead atoms. The second kappa shape index (κ2) is 4.53. The van der Waals surface area contributed by atoms with E-state index >= 15 is 0 Å². The van der Waals surface area contributed by atoms with Crippen LogP contribution in [0.3, 0.4) is 0 Å². The van der Waals surface area contributed by atoms with Crippen molar-refractivity contribution < 1.29 is 0 Å². The average Bonchev–Trinajstić information content (AvgIpc) is 1.37. The molecule has 0 fully saturated rings. The van der Waals surface area contributed by atoms with E-state index in [4.69, 9.17) is 0 Å². The fourth-order valence-electron chi connectivity index (χ4n) is 0. The van der Waals surface area contributed by atoms with Crippen molar-refractivity contribution in [2.75, 3.05) is 4.43 Å². The molecule has 0 heterocycles. The van der Waals surface area contributed by atoms with Gasteiger partial charge in [0.15, 0.2) is 0 Å². The van der Waals surface area contributed by atoms with E-state index in [1.54, 1.807) is 22.5 Å². The summed E-state index contributed by atoms with van der Waals surface area (Å²) >= 11 is 4.03. The molecule has 0 saturated heterocycles. The van der Waals surface area contributed by atoms with Crippen LogP contribution in [0, 0.1) is 0 Å². The Labute approximate surface area is 53.6 Å². The zero-order valence-corrected chi connectivity index (χ0v) is 7.30. The van der Waals surface area contributed by atoms with Gasteiger partial charge in [0.05, 0.1) is 0 Å². The van der Waals surface area contributed by atoms with E-state index in [9.17, 15) is 0 Å². The van der Waals surface area contributed by atoms with Crippen molar-refractivity contribution in [2.45, 2.75) is 4.44 Å². The first-order valence-electron chi connectivity index (χ1n) is 1.12.